The van der Waals surface area contributed by atoms with Gasteiger partial charge in [-0.25, -0.2) is 0 Å². The first kappa shape index (κ1) is 25.4. The first-order valence-electron chi connectivity index (χ1n) is 11.2. The van der Waals surface area contributed by atoms with E-state index in [9.17, 15) is 30.5 Å². The molecule has 0 saturated carbocycles. The number of fused-ring (bicyclic) bond motifs is 1. The molecular formula is C25H28N2O7S. The van der Waals surface area contributed by atoms with Gasteiger partial charge in [0.15, 0.2) is 12.0 Å². The Morgan fingerprint density at radius 3 is 2.37 bits per heavy atom. The van der Waals surface area contributed by atoms with Crippen molar-refractivity contribution in [3.8, 4) is 22.9 Å². The van der Waals surface area contributed by atoms with Crippen LogP contribution in [0.3, 0.4) is 0 Å². The Bertz CT molecular complexity index is 1250. The van der Waals surface area contributed by atoms with Gasteiger partial charge in [0.1, 0.15) is 40.9 Å². The van der Waals surface area contributed by atoms with E-state index >= 15 is 0 Å². The highest BCUT2D eigenvalue weighted by atomic mass is 32.1. The molecule has 1 aromatic heterocycles. The maximum Gasteiger partial charge on any atom is 0.165 e. The molecule has 9 nitrogen and oxygen atoms in total. The van der Waals surface area contributed by atoms with Gasteiger partial charge in [-0.2, -0.15) is 5.26 Å². The van der Waals surface area contributed by atoms with Crippen LogP contribution in [0.2, 0.25) is 0 Å². The molecule has 1 aromatic carbocycles. The number of Topliss-reactive ketones (excluding diaryl/α,β-unsaturated/α-hetero) is 1. The summed E-state index contributed by atoms with van der Waals surface area (Å²) in [5.74, 6) is 0.423. The van der Waals surface area contributed by atoms with E-state index < -0.39 is 42.7 Å². The fourth-order valence-corrected chi connectivity index (χ4v) is 5.33. The Labute approximate surface area is 207 Å². The molecule has 2 aliphatic rings. The fraction of sp³-hybridized carbons (Fsp3) is 0.480. The number of ketones is 1. The van der Waals surface area contributed by atoms with Crippen LogP contribution in [0.1, 0.15) is 48.1 Å². The minimum atomic E-state index is -1.64. The number of aliphatic hydroxyl groups excluding tert-OH is 4. The third-order valence-electron chi connectivity index (χ3n) is 6.69. The number of methoxy groups -OCH3 is 1. The third-order valence-corrected chi connectivity index (χ3v) is 7.09. The molecule has 35 heavy (non-hydrogen) atoms. The SMILES string of the molecule is COc1ccc(-c2c3c(n([C@@H]4O[C@H](CO)[C@@H](O)[C@H](O)[C@H]4O)c(=S)c2C#N)CC(C)(C)CC3=O)cc1. The number of nitrogens with zero attached hydrogens (tertiary/aromatic N) is 2. The summed E-state index contributed by atoms with van der Waals surface area (Å²) in [6, 6.07) is 9.05. The molecule has 2 heterocycles. The zero-order valence-electron chi connectivity index (χ0n) is 19.6. The molecule has 1 saturated heterocycles. The number of aliphatic hydroxyl groups is 4. The summed E-state index contributed by atoms with van der Waals surface area (Å²) in [5.41, 5.74) is 1.37. The van der Waals surface area contributed by atoms with Gasteiger partial charge in [0.25, 0.3) is 0 Å². The molecule has 0 bridgehead atoms. The average molecular weight is 501 g/mol. The minimum absolute atomic E-state index is 0.0203. The Morgan fingerprint density at radius 2 is 1.80 bits per heavy atom. The van der Waals surface area contributed by atoms with Gasteiger partial charge in [-0.3, -0.25) is 4.79 Å². The van der Waals surface area contributed by atoms with Crippen molar-refractivity contribution in [1.29, 1.82) is 5.26 Å². The number of carbonyl (C=O) groups is 1. The number of benzene rings is 1. The number of rotatable bonds is 4. The van der Waals surface area contributed by atoms with Gasteiger partial charge in [0.2, 0.25) is 0 Å². The summed E-state index contributed by atoms with van der Waals surface area (Å²) >= 11 is 5.71. The molecule has 0 unspecified atom stereocenters. The van der Waals surface area contributed by atoms with E-state index in [1.165, 1.54) is 11.7 Å². The van der Waals surface area contributed by atoms with Crippen LogP contribution in [-0.2, 0) is 11.2 Å². The normalized spacial score (nSPS) is 27.7. The van der Waals surface area contributed by atoms with Gasteiger partial charge in [0.05, 0.1) is 19.3 Å². The average Bonchev–Trinajstić information content (AvgIpc) is 2.82. The lowest BCUT2D eigenvalue weighted by Gasteiger charge is -2.43. The summed E-state index contributed by atoms with van der Waals surface area (Å²) in [5, 5.41) is 51.3. The largest absolute Gasteiger partial charge is 0.497 e. The number of aromatic nitrogens is 1. The van der Waals surface area contributed by atoms with Crippen molar-refractivity contribution in [1.82, 2.24) is 4.57 Å². The number of pyridine rings is 1. The van der Waals surface area contributed by atoms with Crippen molar-refractivity contribution in [3.05, 3.63) is 45.7 Å². The highest BCUT2D eigenvalue weighted by molar-refractivity contribution is 7.71. The van der Waals surface area contributed by atoms with Crippen molar-refractivity contribution in [2.24, 2.45) is 5.41 Å². The lowest BCUT2D eigenvalue weighted by Crippen LogP contribution is -2.57. The standard InChI is InChI=1S/C25H28N2O7S/c1-25(2)8-15-19(16(29)9-25)18(12-4-6-13(33-3)7-5-12)14(10-26)24(35)27(15)23-22(32)21(31)20(30)17(11-28)34-23/h4-7,17,20-23,28,30-32H,8-9,11H2,1-3H3/t17-,20-,21+,22-,23-/m1/s1. The summed E-state index contributed by atoms with van der Waals surface area (Å²) < 4.78 is 12.4. The van der Waals surface area contributed by atoms with E-state index in [1.54, 1.807) is 24.3 Å². The van der Waals surface area contributed by atoms with E-state index in [0.717, 1.165) is 0 Å². The summed E-state index contributed by atoms with van der Waals surface area (Å²) in [4.78, 5) is 13.5. The van der Waals surface area contributed by atoms with Crippen molar-refractivity contribution in [2.75, 3.05) is 13.7 Å². The second-order valence-electron chi connectivity index (χ2n) is 9.75. The van der Waals surface area contributed by atoms with Crippen LogP contribution in [0.5, 0.6) is 5.75 Å². The molecular weight excluding hydrogens is 472 g/mol. The monoisotopic (exact) mass is 500 g/mol. The van der Waals surface area contributed by atoms with Crippen LogP contribution >= 0.6 is 12.2 Å². The smallest absolute Gasteiger partial charge is 0.165 e. The third kappa shape index (κ3) is 4.29. The molecule has 4 N–H and O–H groups in total. The fourth-order valence-electron chi connectivity index (χ4n) is 4.97. The molecule has 1 aliphatic carbocycles. The van der Waals surface area contributed by atoms with Gasteiger partial charge < -0.3 is 34.5 Å². The zero-order valence-corrected chi connectivity index (χ0v) is 20.5. The quantitative estimate of drug-likeness (QED) is 0.462. The summed E-state index contributed by atoms with van der Waals surface area (Å²) in [6.45, 7) is 3.25. The van der Waals surface area contributed by atoms with Gasteiger partial charge in [-0.05, 0) is 29.5 Å². The highest BCUT2D eigenvalue weighted by Crippen LogP contribution is 2.43. The molecule has 1 aliphatic heterocycles. The number of hydrogen-bond donors (Lipinski definition) is 4. The lowest BCUT2D eigenvalue weighted by molar-refractivity contribution is -0.252. The molecule has 1 fully saturated rings. The van der Waals surface area contributed by atoms with E-state index in [0.29, 0.717) is 34.6 Å². The summed E-state index contributed by atoms with van der Waals surface area (Å²) in [7, 11) is 1.54. The second-order valence-corrected chi connectivity index (χ2v) is 10.1. The molecule has 186 valence electrons. The zero-order chi connectivity index (χ0) is 25.7. The van der Waals surface area contributed by atoms with Crippen LogP contribution in [-0.4, -0.2) is 68.9 Å². The van der Waals surface area contributed by atoms with E-state index in [2.05, 4.69) is 6.07 Å². The maximum absolute atomic E-state index is 13.5. The van der Waals surface area contributed by atoms with Crippen molar-refractivity contribution in [2.45, 2.75) is 57.3 Å². The molecule has 10 heteroatoms. The summed E-state index contributed by atoms with van der Waals surface area (Å²) in [6.07, 6.45) is -6.70. The first-order chi connectivity index (χ1) is 16.5. The molecule has 0 radical (unpaired) electrons. The first-order valence-corrected chi connectivity index (χ1v) is 11.6. The number of hydrogen-bond acceptors (Lipinski definition) is 9. The molecule has 4 rings (SSSR count). The van der Waals surface area contributed by atoms with Gasteiger partial charge in [-0.15, -0.1) is 0 Å². The topological polar surface area (TPSA) is 145 Å². The number of carbonyl (C=O) groups excluding carboxylic acids is 1. The van der Waals surface area contributed by atoms with Gasteiger partial charge in [0, 0.05) is 23.2 Å². The Hall–Kier alpha value is -2.65. The van der Waals surface area contributed by atoms with Crippen molar-refractivity contribution in [3.63, 3.8) is 0 Å². The molecule has 0 amide bonds. The van der Waals surface area contributed by atoms with Crippen molar-refractivity contribution >= 4 is 18.0 Å². The number of ether oxygens (including phenoxy) is 2. The Morgan fingerprint density at radius 1 is 1.14 bits per heavy atom. The van der Waals surface area contributed by atoms with Crippen LogP contribution in [0.15, 0.2) is 24.3 Å². The van der Waals surface area contributed by atoms with Crippen LogP contribution in [0, 0.1) is 21.4 Å². The van der Waals surface area contributed by atoms with E-state index in [-0.39, 0.29) is 22.4 Å². The molecule has 0 spiro atoms. The van der Waals surface area contributed by atoms with Crippen LogP contribution in [0.4, 0.5) is 0 Å². The second kappa shape index (κ2) is 9.43. The lowest BCUT2D eigenvalue weighted by atomic mass is 9.73. The number of nitriles is 1. The van der Waals surface area contributed by atoms with Gasteiger partial charge >= 0.3 is 0 Å². The highest BCUT2D eigenvalue weighted by Gasteiger charge is 2.46. The van der Waals surface area contributed by atoms with E-state index in [4.69, 9.17) is 21.7 Å². The molecule has 5 atom stereocenters. The minimum Gasteiger partial charge on any atom is -0.497 e. The van der Waals surface area contributed by atoms with E-state index in [1.807, 2.05) is 13.8 Å². The maximum atomic E-state index is 13.5. The van der Waals surface area contributed by atoms with Gasteiger partial charge in [-0.1, -0.05) is 38.2 Å². The van der Waals surface area contributed by atoms with Crippen LogP contribution in [0.25, 0.3) is 11.1 Å². The Kier molecular flexibility index (Phi) is 6.85. The van der Waals surface area contributed by atoms with Crippen molar-refractivity contribution < 1.29 is 34.7 Å². The Balaban J connectivity index is 2.04. The predicted octanol–water partition coefficient (Wildman–Crippen LogP) is 1.89. The predicted molar refractivity (Wildman–Crippen MR) is 127 cm³/mol. The van der Waals surface area contributed by atoms with Crippen LogP contribution < -0.4 is 4.74 Å². The molecule has 2 aromatic rings.